The van der Waals surface area contributed by atoms with E-state index in [9.17, 15) is 0 Å². The molecule has 0 heterocycles. The van der Waals surface area contributed by atoms with Crippen LogP contribution in [0.25, 0.3) is 0 Å². The van der Waals surface area contributed by atoms with E-state index >= 15 is 0 Å². The van der Waals surface area contributed by atoms with Crippen LogP contribution >= 0.6 is 0 Å². The average Bonchev–Trinajstić information content (AvgIpc) is 2.76. The van der Waals surface area contributed by atoms with Crippen molar-refractivity contribution >= 4 is 34.2 Å². The number of rotatable bonds is 6. The van der Waals surface area contributed by atoms with E-state index in [4.69, 9.17) is 21.5 Å². The predicted octanol–water partition coefficient (Wildman–Crippen LogP) is 8.32. The fourth-order valence-corrected chi connectivity index (χ4v) is 4.29. The van der Waals surface area contributed by atoms with E-state index < -0.39 is 0 Å². The van der Waals surface area contributed by atoms with Gasteiger partial charge >= 0.3 is 0 Å². The summed E-state index contributed by atoms with van der Waals surface area (Å²) in [5.41, 5.74) is 22.6. The van der Waals surface area contributed by atoms with Gasteiger partial charge in [-0.25, -0.2) is 9.98 Å². The van der Waals surface area contributed by atoms with Crippen molar-refractivity contribution in [1.29, 1.82) is 0 Å². The van der Waals surface area contributed by atoms with Crippen LogP contribution in [0.4, 0.5) is 22.7 Å². The number of hydrogen-bond acceptors (Lipinski definition) is 4. The van der Waals surface area contributed by atoms with Crippen molar-refractivity contribution in [2.75, 3.05) is 11.5 Å². The highest BCUT2D eigenvalue weighted by Crippen LogP contribution is 2.38. The van der Waals surface area contributed by atoms with E-state index in [1.165, 1.54) is 22.3 Å². The Labute approximate surface area is 205 Å². The molecule has 0 radical (unpaired) electrons. The van der Waals surface area contributed by atoms with E-state index in [-0.39, 0.29) is 0 Å². The SMILES string of the molecule is CC(C)c1cc(N)cc(C(C)C)c1N=C1C=CC(=Nc2c(C(C)C)cc(N)cc2C(C)C)C=C1. The number of anilines is 2. The minimum Gasteiger partial charge on any atom is -0.399 e. The van der Waals surface area contributed by atoms with Crippen LogP contribution in [-0.2, 0) is 0 Å². The molecule has 0 aliphatic heterocycles. The van der Waals surface area contributed by atoms with Crippen LogP contribution in [0, 0.1) is 0 Å². The lowest BCUT2D eigenvalue weighted by Gasteiger charge is -2.19. The van der Waals surface area contributed by atoms with Crippen LogP contribution in [0.1, 0.15) is 101 Å². The summed E-state index contributed by atoms with van der Waals surface area (Å²) in [5, 5.41) is 0. The summed E-state index contributed by atoms with van der Waals surface area (Å²) < 4.78 is 0. The van der Waals surface area contributed by atoms with Crippen LogP contribution in [0.15, 0.2) is 58.6 Å². The molecular weight excluding hydrogens is 416 g/mol. The lowest BCUT2D eigenvalue weighted by atomic mass is 9.91. The first kappa shape index (κ1) is 25.5. The van der Waals surface area contributed by atoms with Gasteiger partial charge in [0, 0.05) is 11.4 Å². The summed E-state index contributed by atoms with van der Waals surface area (Å²) in [7, 11) is 0. The summed E-state index contributed by atoms with van der Waals surface area (Å²) in [6.07, 6.45) is 8.19. The summed E-state index contributed by atoms with van der Waals surface area (Å²) in [6.45, 7) is 17.5. The van der Waals surface area contributed by atoms with Crippen LogP contribution < -0.4 is 11.5 Å². The van der Waals surface area contributed by atoms with Crippen molar-refractivity contribution in [3.63, 3.8) is 0 Å². The Morgan fingerprint density at radius 3 is 0.912 bits per heavy atom. The standard InChI is InChI=1S/C30H40N4/c1-17(2)25-13-21(31)14-26(18(3)4)29(25)33-23-9-11-24(12-10-23)34-30-27(19(5)6)15-22(32)16-28(30)20(7)8/h9-20H,31-32H2,1-8H3. The molecule has 4 nitrogen and oxygen atoms in total. The fraction of sp³-hybridized carbons (Fsp3) is 0.400. The van der Waals surface area contributed by atoms with Gasteiger partial charge in [0.05, 0.1) is 22.8 Å². The van der Waals surface area contributed by atoms with Gasteiger partial charge in [-0.1, -0.05) is 55.4 Å². The topological polar surface area (TPSA) is 76.8 Å². The molecule has 0 fully saturated rings. The zero-order valence-corrected chi connectivity index (χ0v) is 22.0. The first-order valence-electron chi connectivity index (χ1n) is 12.4. The zero-order valence-electron chi connectivity index (χ0n) is 22.0. The highest BCUT2D eigenvalue weighted by molar-refractivity contribution is 6.19. The fourth-order valence-electron chi connectivity index (χ4n) is 4.29. The van der Waals surface area contributed by atoms with Crippen LogP contribution in [0.5, 0.6) is 0 Å². The van der Waals surface area contributed by atoms with Gasteiger partial charge in [-0.05, 0) is 94.5 Å². The molecule has 0 saturated heterocycles. The molecule has 0 spiro atoms. The van der Waals surface area contributed by atoms with Gasteiger partial charge in [-0.2, -0.15) is 0 Å². The Kier molecular flexibility index (Phi) is 7.81. The number of allylic oxidation sites excluding steroid dienone is 4. The smallest absolute Gasteiger partial charge is 0.0707 e. The molecule has 4 N–H and O–H groups in total. The van der Waals surface area contributed by atoms with E-state index in [1.54, 1.807) is 0 Å². The van der Waals surface area contributed by atoms with Crippen molar-refractivity contribution < 1.29 is 0 Å². The maximum Gasteiger partial charge on any atom is 0.0707 e. The second-order valence-corrected chi connectivity index (χ2v) is 10.5. The molecule has 0 aromatic heterocycles. The lowest BCUT2D eigenvalue weighted by Crippen LogP contribution is -2.04. The van der Waals surface area contributed by atoms with Crippen LogP contribution in [0.2, 0.25) is 0 Å². The molecule has 0 atom stereocenters. The molecule has 180 valence electrons. The largest absolute Gasteiger partial charge is 0.399 e. The summed E-state index contributed by atoms with van der Waals surface area (Å²) in [4.78, 5) is 10.1. The van der Waals surface area contributed by atoms with Gasteiger partial charge in [0.25, 0.3) is 0 Å². The Morgan fingerprint density at radius 2 is 0.706 bits per heavy atom. The maximum absolute atomic E-state index is 6.20. The number of hydrogen-bond donors (Lipinski definition) is 2. The number of nitrogen functional groups attached to an aromatic ring is 2. The van der Waals surface area contributed by atoms with E-state index in [1.807, 2.05) is 24.3 Å². The molecule has 1 aliphatic carbocycles. The van der Waals surface area contributed by atoms with Crippen LogP contribution in [0.3, 0.4) is 0 Å². The second-order valence-electron chi connectivity index (χ2n) is 10.5. The van der Waals surface area contributed by atoms with Gasteiger partial charge < -0.3 is 11.5 Å². The number of benzene rings is 2. The Balaban J connectivity index is 2.04. The van der Waals surface area contributed by atoms with Crippen molar-refractivity contribution in [2.45, 2.75) is 79.1 Å². The predicted molar refractivity (Wildman–Crippen MR) is 151 cm³/mol. The average molecular weight is 457 g/mol. The molecular formula is C30H40N4. The van der Waals surface area contributed by atoms with E-state index in [2.05, 4.69) is 79.7 Å². The minimum atomic E-state index is 0.337. The van der Waals surface area contributed by atoms with Gasteiger partial charge in [0.15, 0.2) is 0 Å². The van der Waals surface area contributed by atoms with E-state index in [0.717, 1.165) is 34.2 Å². The third-order valence-corrected chi connectivity index (χ3v) is 6.20. The molecule has 2 aromatic carbocycles. The zero-order chi connectivity index (χ0) is 25.2. The first-order valence-corrected chi connectivity index (χ1v) is 12.4. The van der Waals surface area contributed by atoms with Crippen molar-refractivity contribution in [3.05, 3.63) is 70.8 Å². The van der Waals surface area contributed by atoms with Gasteiger partial charge in [0.1, 0.15) is 0 Å². The summed E-state index contributed by atoms with van der Waals surface area (Å²) in [6, 6.07) is 8.23. The Hall–Kier alpha value is -3.14. The van der Waals surface area contributed by atoms with Gasteiger partial charge in [-0.15, -0.1) is 0 Å². The third kappa shape index (κ3) is 5.67. The normalized spacial score (nSPS) is 13.6. The molecule has 34 heavy (non-hydrogen) atoms. The molecule has 0 unspecified atom stereocenters. The van der Waals surface area contributed by atoms with Crippen molar-refractivity contribution in [3.8, 4) is 0 Å². The van der Waals surface area contributed by atoms with Crippen LogP contribution in [-0.4, -0.2) is 11.4 Å². The molecule has 1 aliphatic rings. The highest BCUT2D eigenvalue weighted by atomic mass is 14.8. The lowest BCUT2D eigenvalue weighted by molar-refractivity contribution is 0.835. The second kappa shape index (κ2) is 10.4. The maximum atomic E-state index is 6.20. The monoisotopic (exact) mass is 456 g/mol. The molecule has 2 aromatic rings. The summed E-state index contributed by atoms with van der Waals surface area (Å²) >= 11 is 0. The quantitative estimate of drug-likeness (QED) is 0.338. The molecule has 0 bridgehead atoms. The number of nitrogens with two attached hydrogens (primary N) is 2. The summed E-state index contributed by atoms with van der Waals surface area (Å²) in [5.74, 6) is 1.35. The number of aliphatic imine (C=N–C) groups is 2. The molecule has 0 saturated carbocycles. The van der Waals surface area contributed by atoms with Crippen molar-refractivity contribution in [2.24, 2.45) is 9.98 Å². The molecule has 4 heteroatoms. The molecule has 3 rings (SSSR count). The first-order chi connectivity index (χ1) is 16.0. The van der Waals surface area contributed by atoms with Gasteiger partial charge in [-0.3, -0.25) is 0 Å². The molecule has 0 amide bonds. The Morgan fingerprint density at radius 1 is 0.471 bits per heavy atom. The van der Waals surface area contributed by atoms with Crippen molar-refractivity contribution in [1.82, 2.24) is 0 Å². The van der Waals surface area contributed by atoms with E-state index in [0.29, 0.717) is 23.7 Å². The minimum absolute atomic E-state index is 0.337. The Bertz CT molecular complexity index is 1010. The van der Waals surface area contributed by atoms with Gasteiger partial charge in [0.2, 0.25) is 0 Å². The number of nitrogens with zero attached hydrogens (tertiary/aromatic N) is 2. The highest BCUT2D eigenvalue weighted by Gasteiger charge is 2.17. The third-order valence-electron chi connectivity index (χ3n) is 6.20.